The van der Waals surface area contributed by atoms with Gasteiger partial charge in [0.1, 0.15) is 0 Å². The summed E-state index contributed by atoms with van der Waals surface area (Å²) in [5.41, 5.74) is 0. The number of nitrogens with one attached hydrogen (secondary N) is 1. The smallest absolute Gasteiger partial charge is 0.165 e. The maximum absolute atomic E-state index is 4.03. The molecule has 0 aliphatic carbocycles. The van der Waals surface area contributed by atoms with Crippen LogP contribution in [0.5, 0.6) is 0 Å². The summed E-state index contributed by atoms with van der Waals surface area (Å²) < 4.78 is 1.92. The van der Waals surface area contributed by atoms with Gasteiger partial charge in [0.25, 0.3) is 0 Å². The largest absolute Gasteiger partial charge is 0.310 e. The second kappa shape index (κ2) is 6.50. The Balaban J connectivity index is 2.52. The maximum Gasteiger partial charge on any atom is 0.165 e. The zero-order valence-corrected chi connectivity index (χ0v) is 9.90. The molecule has 0 amide bonds. The fraction of sp³-hybridized carbons (Fsp3) is 0.900. The topological polar surface area (TPSA) is 55.6 Å². The minimum absolute atomic E-state index is 0.392. The Kier molecular flexibility index (Phi) is 5.25. The molecule has 86 valence electrons. The molecule has 1 N–H and O–H groups in total. The molecule has 0 aromatic carbocycles. The van der Waals surface area contributed by atoms with Crippen molar-refractivity contribution in [3.63, 3.8) is 0 Å². The highest BCUT2D eigenvalue weighted by Gasteiger charge is 2.11. The summed E-state index contributed by atoms with van der Waals surface area (Å²) in [6.45, 7) is 8.25. The van der Waals surface area contributed by atoms with Gasteiger partial charge in [0.2, 0.25) is 0 Å². The van der Waals surface area contributed by atoms with Gasteiger partial charge in [-0.25, -0.2) is 4.68 Å². The van der Waals surface area contributed by atoms with Crippen LogP contribution in [0.25, 0.3) is 0 Å². The lowest BCUT2D eigenvalue weighted by Crippen LogP contribution is -2.19. The van der Waals surface area contributed by atoms with Crippen LogP contribution in [0, 0.1) is 0 Å². The van der Waals surface area contributed by atoms with E-state index in [4.69, 9.17) is 0 Å². The second-order valence-electron chi connectivity index (χ2n) is 3.85. The van der Waals surface area contributed by atoms with Crippen molar-refractivity contribution in [1.29, 1.82) is 0 Å². The molecule has 5 nitrogen and oxygen atoms in total. The number of aromatic nitrogens is 4. The summed E-state index contributed by atoms with van der Waals surface area (Å²) in [7, 11) is 0. The summed E-state index contributed by atoms with van der Waals surface area (Å²) in [6.07, 6.45) is 3.40. The van der Waals surface area contributed by atoms with Crippen molar-refractivity contribution in [3.05, 3.63) is 5.82 Å². The third-order valence-corrected chi connectivity index (χ3v) is 2.39. The van der Waals surface area contributed by atoms with E-state index in [2.05, 4.69) is 41.6 Å². The first-order valence-corrected chi connectivity index (χ1v) is 5.77. The van der Waals surface area contributed by atoms with E-state index in [1.165, 1.54) is 0 Å². The number of rotatable bonds is 7. The lowest BCUT2D eigenvalue weighted by atomic mass is 10.2. The van der Waals surface area contributed by atoms with Gasteiger partial charge in [-0.3, -0.25) is 0 Å². The molecule has 1 aromatic heterocycles. The van der Waals surface area contributed by atoms with Crippen LogP contribution in [0.1, 0.15) is 51.9 Å². The van der Waals surface area contributed by atoms with E-state index in [0.717, 1.165) is 38.2 Å². The van der Waals surface area contributed by atoms with Crippen molar-refractivity contribution in [3.8, 4) is 0 Å². The maximum atomic E-state index is 4.03. The molecule has 0 aliphatic heterocycles. The van der Waals surface area contributed by atoms with Gasteiger partial charge < -0.3 is 5.32 Å². The van der Waals surface area contributed by atoms with Gasteiger partial charge in [0, 0.05) is 0 Å². The SMILES string of the molecule is CCCNCc1nnnn1C(C)CCC. The van der Waals surface area contributed by atoms with Crippen LogP contribution in [-0.2, 0) is 6.54 Å². The van der Waals surface area contributed by atoms with Crippen LogP contribution >= 0.6 is 0 Å². The average Bonchev–Trinajstić information content (AvgIpc) is 2.67. The van der Waals surface area contributed by atoms with Gasteiger partial charge in [-0.15, -0.1) is 5.10 Å². The third kappa shape index (κ3) is 3.58. The van der Waals surface area contributed by atoms with E-state index in [1.807, 2.05) is 4.68 Å². The lowest BCUT2D eigenvalue weighted by Gasteiger charge is -2.12. The predicted octanol–water partition coefficient (Wildman–Crippen LogP) is 1.53. The van der Waals surface area contributed by atoms with Gasteiger partial charge in [-0.2, -0.15) is 0 Å². The fourth-order valence-corrected chi connectivity index (χ4v) is 1.59. The van der Waals surface area contributed by atoms with Crippen molar-refractivity contribution >= 4 is 0 Å². The molecule has 1 heterocycles. The average molecular weight is 211 g/mol. The van der Waals surface area contributed by atoms with Crippen LogP contribution in [0.15, 0.2) is 0 Å². The van der Waals surface area contributed by atoms with Crippen LogP contribution in [0.4, 0.5) is 0 Å². The first kappa shape index (κ1) is 12.1. The lowest BCUT2D eigenvalue weighted by molar-refractivity contribution is 0.422. The Labute approximate surface area is 91.2 Å². The van der Waals surface area contributed by atoms with Gasteiger partial charge >= 0.3 is 0 Å². The molecule has 0 fully saturated rings. The van der Waals surface area contributed by atoms with E-state index in [-0.39, 0.29) is 0 Å². The molecule has 0 saturated carbocycles. The van der Waals surface area contributed by atoms with Gasteiger partial charge in [-0.1, -0.05) is 20.3 Å². The molecular weight excluding hydrogens is 190 g/mol. The van der Waals surface area contributed by atoms with Gasteiger partial charge in [0.15, 0.2) is 5.82 Å². The summed E-state index contributed by atoms with van der Waals surface area (Å²) in [6, 6.07) is 0.392. The van der Waals surface area contributed by atoms with Crippen molar-refractivity contribution < 1.29 is 0 Å². The summed E-state index contributed by atoms with van der Waals surface area (Å²) >= 11 is 0. The predicted molar refractivity (Wildman–Crippen MR) is 59.4 cm³/mol. The fourth-order valence-electron chi connectivity index (χ4n) is 1.59. The Morgan fingerprint density at radius 1 is 1.33 bits per heavy atom. The minimum Gasteiger partial charge on any atom is -0.310 e. The van der Waals surface area contributed by atoms with Crippen LogP contribution in [0.2, 0.25) is 0 Å². The van der Waals surface area contributed by atoms with E-state index in [9.17, 15) is 0 Å². The molecule has 1 atom stereocenters. The Bertz CT molecular complexity index is 271. The second-order valence-corrected chi connectivity index (χ2v) is 3.85. The van der Waals surface area contributed by atoms with E-state index in [1.54, 1.807) is 0 Å². The monoisotopic (exact) mass is 211 g/mol. The quantitative estimate of drug-likeness (QED) is 0.695. The first-order chi connectivity index (χ1) is 7.29. The highest BCUT2D eigenvalue weighted by molar-refractivity contribution is 4.82. The van der Waals surface area contributed by atoms with Crippen LogP contribution in [0.3, 0.4) is 0 Å². The summed E-state index contributed by atoms with van der Waals surface area (Å²) in [5.74, 6) is 0.935. The summed E-state index contributed by atoms with van der Waals surface area (Å²) in [5, 5.41) is 15.1. The standard InChI is InChI=1S/C10H21N5/c1-4-6-9(3)15-10(12-13-14-15)8-11-7-5-2/h9,11H,4-8H2,1-3H3. The number of hydrogen-bond donors (Lipinski definition) is 1. The zero-order chi connectivity index (χ0) is 11.1. The summed E-state index contributed by atoms with van der Waals surface area (Å²) in [4.78, 5) is 0. The van der Waals surface area contributed by atoms with E-state index < -0.39 is 0 Å². The van der Waals surface area contributed by atoms with Crippen LogP contribution < -0.4 is 5.32 Å². The van der Waals surface area contributed by atoms with Crippen molar-refractivity contribution in [2.75, 3.05) is 6.54 Å². The van der Waals surface area contributed by atoms with Crippen LogP contribution in [-0.4, -0.2) is 26.8 Å². The van der Waals surface area contributed by atoms with Crippen molar-refractivity contribution in [1.82, 2.24) is 25.5 Å². The Morgan fingerprint density at radius 3 is 2.80 bits per heavy atom. The van der Waals surface area contributed by atoms with Gasteiger partial charge in [0.05, 0.1) is 12.6 Å². The Morgan fingerprint density at radius 2 is 2.13 bits per heavy atom. The van der Waals surface area contributed by atoms with E-state index >= 15 is 0 Å². The number of nitrogens with zero attached hydrogens (tertiary/aromatic N) is 4. The number of hydrogen-bond acceptors (Lipinski definition) is 4. The Hall–Kier alpha value is -0.970. The van der Waals surface area contributed by atoms with Gasteiger partial charge in [-0.05, 0) is 36.7 Å². The molecule has 1 unspecified atom stereocenters. The molecule has 0 bridgehead atoms. The highest BCUT2D eigenvalue weighted by atomic mass is 15.6. The van der Waals surface area contributed by atoms with Crippen molar-refractivity contribution in [2.24, 2.45) is 0 Å². The van der Waals surface area contributed by atoms with Crippen molar-refractivity contribution in [2.45, 2.75) is 52.6 Å². The normalized spacial score (nSPS) is 13.0. The highest BCUT2D eigenvalue weighted by Crippen LogP contribution is 2.12. The molecule has 5 heteroatoms. The minimum atomic E-state index is 0.392. The zero-order valence-electron chi connectivity index (χ0n) is 9.90. The first-order valence-electron chi connectivity index (χ1n) is 5.77. The molecular formula is C10H21N5. The molecule has 0 saturated heterocycles. The molecule has 1 rings (SSSR count). The molecule has 15 heavy (non-hydrogen) atoms. The molecule has 0 aliphatic rings. The molecule has 1 aromatic rings. The van der Waals surface area contributed by atoms with E-state index in [0.29, 0.717) is 6.04 Å². The third-order valence-electron chi connectivity index (χ3n) is 2.39. The molecule has 0 radical (unpaired) electrons. The molecule has 0 spiro atoms. The number of tetrazole rings is 1.